The quantitative estimate of drug-likeness (QED) is 0.420. The maximum absolute atomic E-state index is 13.2. The number of amides is 1. The van der Waals surface area contributed by atoms with Crippen molar-refractivity contribution in [2.75, 3.05) is 26.2 Å². The van der Waals surface area contributed by atoms with Crippen LogP contribution in [-0.4, -0.2) is 59.4 Å². The molecule has 0 aromatic heterocycles. The molecule has 0 bridgehead atoms. The first kappa shape index (κ1) is 27.5. The van der Waals surface area contributed by atoms with Gasteiger partial charge < -0.3 is 9.64 Å². The van der Waals surface area contributed by atoms with E-state index in [-0.39, 0.29) is 17.6 Å². The van der Waals surface area contributed by atoms with Crippen molar-refractivity contribution in [3.8, 4) is 0 Å². The van der Waals surface area contributed by atoms with Gasteiger partial charge in [0.2, 0.25) is 0 Å². The number of hydrogen-bond donors (Lipinski definition) is 0. The Balaban J connectivity index is 1.45. The number of likely N-dealkylation sites (tertiary alicyclic amines) is 2. The third-order valence-electron chi connectivity index (χ3n) is 7.89. The molecule has 1 amide bonds. The normalized spacial score (nSPS) is 23.0. The lowest BCUT2D eigenvalue weighted by Gasteiger charge is -2.48. The number of rotatable bonds is 3. The summed E-state index contributed by atoms with van der Waals surface area (Å²) in [6.45, 7) is 11.1. The zero-order chi connectivity index (χ0) is 26.8. The fourth-order valence-electron chi connectivity index (χ4n) is 5.74. The smallest absolute Gasteiger partial charge is 0.416 e. The summed E-state index contributed by atoms with van der Waals surface area (Å²) in [6.07, 6.45) is 3.72. The van der Waals surface area contributed by atoms with Crippen molar-refractivity contribution in [3.05, 3.63) is 65.3 Å². The summed E-state index contributed by atoms with van der Waals surface area (Å²) in [6, 6.07) is 10.1. The second-order valence-electron chi connectivity index (χ2n) is 11.7. The summed E-state index contributed by atoms with van der Waals surface area (Å²) in [7, 11) is 0. The van der Waals surface area contributed by atoms with Gasteiger partial charge in [0.05, 0.1) is 5.57 Å². The molecule has 2 heterocycles. The fraction of sp³-hybridized carbons (Fsp3) is 0.567. The van der Waals surface area contributed by atoms with Gasteiger partial charge in [0, 0.05) is 37.6 Å². The molecule has 1 atom stereocenters. The molecule has 4 nitrogen and oxygen atoms in total. The zero-order valence-electron chi connectivity index (χ0n) is 22.4. The number of alkyl halides is 3. The van der Waals surface area contributed by atoms with Crippen LogP contribution in [0.1, 0.15) is 65.4 Å². The van der Waals surface area contributed by atoms with Gasteiger partial charge in [-0.3, -0.25) is 4.90 Å². The highest BCUT2D eigenvalue weighted by atomic mass is 19.4. The van der Waals surface area contributed by atoms with Crippen molar-refractivity contribution in [1.82, 2.24) is 9.80 Å². The Labute approximate surface area is 218 Å². The summed E-state index contributed by atoms with van der Waals surface area (Å²) < 4.78 is 45.1. The van der Waals surface area contributed by atoms with E-state index in [9.17, 15) is 18.0 Å². The Kier molecular flexibility index (Phi) is 7.93. The number of hydrogen-bond acceptors (Lipinski definition) is 3. The van der Waals surface area contributed by atoms with Crippen molar-refractivity contribution in [3.63, 3.8) is 0 Å². The Bertz CT molecular complexity index is 1050. The maximum Gasteiger partial charge on any atom is 0.416 e. The third-order valence-corrected chi connectivity index (χ3v) is 7.89. The molecule has 202 valence electrons. The number of ether oxygens (including phenoxy) is 1. The number of nitrogens with zero attached hydrogens (tertiary/aromatic N) is 2. The average molecular weight is 517 g/mol. The molecule has 1 aliphatic carbocycles. The van der Waals surface area contributed by atoms with E-state index < -0.39 is 17.4 Å². The van der Waals surface area contributed by atoms with Gasteiger partial charge in [-0.2, -0.15) is 13.2 Å². The number of halogens is 3. The molecule has 3 aliphatic rings. The first-order chi connectivity index (χ1) is 17.4. The number of carbonyl (C=O) groups is 1. The molecule has 37 heavy (non-hydrogen) atoms. The number of carbonyl (C=O) groups excluding carboxylic acids is 1. The van der Waals surface area contributed by atoms with Gasteiger partial charge in [0.25, 0.3) is 0 Å². The van der Waals surface area contributed by atoms with Gasteiger partial charge in [-0.05, 0) is 70.9 Å². The molecule has 0 N–H and O–H groups in total. The van der Waals surface area contributed by atoms with Crippen LogP contribution in [0.2, 0.25) is 0 Å². The third kappa shape index (κ3) is 6.67. The lowest BCUT2D eigenvalue weighted by Crippen LogP contribution is -2.56. The summed E-state index contributed by atoms with van der Waals surface area (Å²) in [5.41, 5.74) is 2.59. The predicted molar refractivity (Wildman–Crippen MR) is 141 cm³/mol. The molecule has 4 rings (SSSR count). The van der Waals surface area contributed by atoms with Crippen LogP contribution < -0.4 is 0 Å². The predicted octanol–water partition coefficient (Wildman–Crippen LogP) is 7.39. The second kappa shape index (κ2) is 10.7. The van der Waals surface area contributed by atoms with Crippen molar-refractivity contribution >= 4 is 11.7 Å². The second-order valence-corrected chi connectivity index (χ2v) is 11.7. The first-order valence-corrected chi connectivity index (χ1v) is 13.3. The first-order valence-electron chi connectivity index (χ1n) is 13.3. The van der Waals surface area contributed by atoms with E-state index in [2.05, 4.69) is 24.0 Å². The van der Waals surface area contributed by atoms with Gasteiger partial charge in [0.1, 0.15) is 5.60 Å². The van der Waals surface area contributed by atoms with Crippen LogP contribution in [0.15, 0.2) is 59.7 Å². The molecule has 7 heteroatoms. The van der Waals surface area contributed by atoms with E-state index in [4.69, 9.17) is 4.74 Å². The van der Waals surface area contributed by atoms with Gasteiger partial charge in [-0.15, -0.1) is 0 Å². The van der Waals surface area contributed by atoms with E-state index in [1.54, 1.807) is 6.08 Å². The summed E-state index contributed by atoms with van der Waals surface area (Å²) in [5, 5.41) is 0. The standard InChI is InChI=1S/C30H39F3N2O2/c1-28(2,3)37-27(36)34-20-16-29(4,17-21-34)35-18-14-24(15-19-35)26(22-8-6-5-7-9-22)23-10-12-25(13-11-23)30(31,32)33/h5-10,12-13,23H,11,14-21H2,1-4H3. The average Bonchev–Trinajstić information content (AvgIpc) is 2.84. The van der Waals surface area contributed by atoms with E-state index >= 15 is 0 Å². The Morgan fingerprint density at radius 1 is 1.00 bits per heavy atom. The SMILES string of the molecule is CC(C)(C)OC(=O)N1CCC(C)(N2CCC(=C(c3ccccc3)C3C=CC(C(F)(F)F)=CC3)CC2)CC1. The minimum Gasteiger partial charge on any atom is -0.444 e. The number of allylic oxidation sites excluding steroid dienone is 5. The summed E-state index contributed by atoms with van der Waals surface area (Å²) >= 11 is 0. The highest BCUT2D eigenvalue weighted by Gasteiger charge is 2.39. The highest BCUT2D eigenvalue weighted by Crippen LogP contribution is 2.41. The lowest BCUT2D eigenvalue weighted by molar-refractivity contribution is -0.0886. The molecule has 2 saturated heterocycles. The topological polar surface area (TPSA) is 32.8 Å². The minimum atomic E-state index is -4.30. The Morgan fingerprint density at radius 2 is 1.62 bits per heavy atom. The lowest BCUT2D eigenvalue weighted by atomic mass is 9.79. The van der Waals surface area contributed by atoms with Crippen LogP contribution in [0.3, 0.4) is 0 Å². The minimum absolute atomic E-state index is 0.0199. The Hall–Kier alpha value is -2.54. The molecule has 0 radical (unpaired) electrons. The summed E-state index contributed by atoms with van der Waals surface area (Å²) in [5.74, 6) is -0.0531. The van der Waals surface area contributed by atoms with Crippen molar-refractivity contribution in [2.24, 2.45) is 5.92 Å². The van der Waals surface area contributed by atoms with Crippen molar-refractivity contribution in [2.45, 2.75) is 77.1 Å². The van der Waals surface area contributed by atoms with E-state index in [1.807, 2.05) is 43.9 Å². The van der Waals surface area contributed by atoms with Crippen LogP contribution >= 0.6 is 0 Å². The van der Waals surface area contributed by atoms with E-state index in [1.165, 1.54) is 23.3 Å². The van der Waals surface area contributed by atoms with Crippen molar-refractivity contribution < 1.29 is 22.7 Å². The van der Waals surface area contributed by atoms with Crippen LogP contribution in [0.4, 0.5) is 18.0 Å². The molecule has 1 unspecified atom stereocenters. The molecule has 2 aliphatic heterocycles. The Morgan fingerprint density at radius 3 is 2.14 bits per heavy atom. The van der Waals surface area contributed by atoms with Crippen LogP contribution in [0.5, 0.6) is 0 Å². The van der Waals surface area contributed by atoms with E-state index in [0.29, 0.717) is 19.5 Å². The van der Waals surface area contributed by atoms with Gasteiger partial charge in [0.15, 0.2) is 0 Å². The summed E-state index contributed by atoms with van der Waals surface area (Å²) in [4.78, 5) is 16.9. The molecule has 1 aromatic carbocycles. The van der Waals surface area contributed by atoms with Crippen LogP contribution in [0, 0.1) is 5.92 Å². The van der Waals surface area contributed by atoms with Gasteiger partial charge >= 0.3 is 12.3 Å². The maximum atomic E-state index is 13.2. The monoisotopic (exact) mass is 516 g/mol. The largest absolute Gasteiger partial charge is 0.444 e. The number of piperidine rings is 2. The van der Waals surface area contributed by atoms with Crippen LogP contribution in [0.25, 0.3) is 5.57 Å². The van der Waals surface area contributed by atoms with Gasteiger partial charge in [-0.25, -0.2) is 4.79 Å². The zero-order valence-corrected chi connectivity index (χ0v) is 22.4. The molecule has 0 saturated carbocycles. The molecule has 2 fully saturated rings. The molecule has 1 aromatic rings. The van der Waals surface area contributed by atoms with E-state index in [0.717, 1.165) is 44.3 Å². The molecular formula is C30H39F3N2O2. The highest BCUT2D eigenvalue weighted by molar-refractivity contribution is 5.73. The fourth-order valence-corrected chi connectivity index (χ4v) is 5.74. The molecule has 0 spiro atoms. The van der Waals surface area contributed by atoms with Crippen LogP contribution in [-0.2, 0) is 4.74 Å². The molecular weight excluding hydrogens is 477 g/mol. The number of benzene rings is 1. The van der Waals surface area contributed by atoms with Gasteiger partial charge in [-0.1, -0.05) is 54.1 Å². The van der Waals surface area contributed by atoms with Crippen molar-refractivity contribution in [1.29, 1.82) is 0 Å².